The third-order valence-electron chi connectivity index (χ3n) is 4.69. The molecular weight excluding hydrogens is 332 g/mol. The van der Waals surface area contributed by atoms with Crippen molar-refractivity contribution in [2.45, 2.75) is 55.6 Å². The number of hydrogen-bond acceptors (Lipinski definition) is 4. The van der Waals surface area contributed by atoms with E-state index in [9.17, 15) is 9.59 Å². The Labute approximate surface area is 155 Å². The van der Waals surface area contributed by atoms with Crippen LogP contribution < -0.4 is 0 Å². The molecule has 0 N–H and O–H groups in total. The quantitative estimate of drug-likeness (QED) is 0.203. The van der Waals surface area contributed by atoms with Crippen molar-refractivity contribution in [1.29, 1.82) is 0 Å². The SMILES string of the molecule is CCCCC/C=C/C(Sc1ccccc1)C1CCC(=O)C1C(=O)OC. The maximum absolute atomic E-state index is 12.2. The van der Waals surface area contributed by atoms with Crippen LogP contribution in [0.5, 0.6) is 0 Å². The number of carbonyl (C=O) groups excluding carboxylic acids is 2. The van der Waals surface area contributed by atoms with E-state index in [1.54, 1.807) is 11.8 Å². The van der Waals surface area contributed by atoms with E-state index < -0.39 is 5.92 Å². The van der Waals surface area contributed by atoms with Crippen LogP contribution in [0.3, 0.4) is 0 Å². The molecule has 0 aromatic heterocycles. The highest BCUT2D eigenvalue weighted by Gasteiger charge is 2.44. The molecule has 0 radical (unpaired) electrons. The first-order chi connectivity index (χ1) is 12.2. The minimum Gasteiger partial charge on any atom is -0.468 e. The molecule has 136 valence electrons. The van der Waals surface area contributed by atoms with E-state index in [2.05, 4.69) is 31.2 Å². The normalized spacial score (nSPS) is 21.6. The zero-order chi connectivity index (χ0) is 18.1. The van der Waals surface area contributed by atoms with Crippen molar-refractivity contribution in [3.05, 3.63) is 42.5 Å². The van der Waals surface area contributed by atoms with E-state index in [1.807, 2.05) is 18.2 Å². The number of allylic oxidation sites excluding steroid dienone is 1. The predicted molar refractivity (Wildman–Crippen MR) is 103 cm³/mol. The average Bonchev–Trinajstić information content (AvgIpc) is 3.02. The molecule has 1 aromatic carbocycles. The fourth-order valence-corrected chi connectivity index (χ4v) is 4.61. The molecule has 3 nitrogen and oxygen atoms in total. The first kappa shape index (κ1) is 19.8. The fourth-order valence-electron chi connectivity index (χ4n) is 3.33. The number of methoxy groups -OCH3 is 1. The van der Waals surface area contributed by atoms with Gasteiger partial charge in [-0.3, -0.25) is 9.59 Å². The number of hydrogen-bond donors (Lipinski definition) is 0. The average molecular weight is 361 g/mol. The lowest BCUT2D eigenvalue weighted by Crippen LogP contribution is -2.31. The Hall–Kier alpha value is -1.55. The van der Waals surface area contributed by atoms with Gasteiger partial charge in [0.15, 0.2) is 0 Å². The third-order valence-corrected chi connectivity index (χ3v) is 6.01. The smallest absolute Gasteiger partial charge is 0.316 e. The maximum Gasteiger partial charge on any atom is 0.316 e. The Morgan fingerprint density at radius 1 is 1.32 bits per heavy atom. The van der Waals surface area contributed by atoms with Crippen LogP contribution in [0.15, 0.2) is 47.4 Å². The Morgan fingerprint density at radius 2 is 2.08 bits per heavy atom. The summed E-state index contributed by atoms with van der Waals surface area (Å²) in [6.45, 7) is 2.20. The summed E-state index contributed by atoms with van der Waals surface area (Å²) in [5.74, 6) is -0.973. The van der Waals surface area contributed by atoms with Gasteiger partial charge in [-0.15, -0.1) is 11.8 Å². The van der Waals surface area contributed by atoms with Crippen LogP contribution in [-0.2, 0) is 14.3 Å². The molecule has 0 bridgehead atoms. The molecule has 2 rings (SSSR count). The number of ether oxygens (including phenoxy) is 1. The zero-order valence-electron chi connectivity index (χ0n) is 15.1. The Morgan fingerprint density at radius 3 is 2.76 bits per heavy atom. The molecule has 0 heterocycles. The summed E-state index contributed by atoms with van der Waals surface area (Å²) in [4.78, 5) is 25.5. The molecule has 1 aliphatic carbocycles. The minimum atomic E-state index is -0.619. The summed E-state index contributed by atoms with van der Waals surface area (Å²) >= 11 is 1.74. The van der Waals surface area contributed by atoms with Crippen LogP contribution in [0.25, 0.3) is 0 Å². The van der Waals surface area contributed by atoms with Crippen LogP contribution >= 0.6 is 11.8 Å². The van der Waals surface area contributed by atoms with Crippen LogP contribution in [0.1, 0.15) is 45.4 Å². The number of esters is 1. The van der Waals surface area contributed by atoms with E-state index in [0.29, 0.717) is 6.42 Å². The van der Waals surface area contributed by atoms with E-state index in [0.717, 1.165) is 17.7 Å². The van der Waals surface area contributed by atoms with Crippen LogP contribution in [-0.4, -0.2) is 24.1 Å². The lowest BCUT2D eigenvalue weighted by atomic mass is 9.91. The van der Waals surface area contributed by atoms with Crippen molar-refractivity contribution in [3.8, 4) is 0 Å². The predicted octanol–water partition coefficient (Wildman–Crippen LogP) is 5.05. The Kier molecular flexibility index (Phi) is 8.26. The number of Topliss-reactive ketones (excluding diaryl/α,β-unsaturated/α-hetero) is 1. The summed E-state index contributed by atoms with van der Waals surface area (Å²) in [5.41, 5.74) is 0. The van der Waals surface area contributed by atoms with Gasteiger partial charge in [0, 0.05) is 16.6 Å². The molecule has 3 atom stereocenters. The van der Waals surface area contributed by atoms with Crippen molar-refractivity contribution in [2.24, 2.45) is 11.8 Å². The molecular formula is C21H28O3S. The second-order valence-corrected chi connectivity index (χ2v) is 7.74. The molecule has 0 spiro atoms. The van der Waals surface area contributed by atoms with Crippen molar-refractivity contribution in [2.75, 3.05) is 7.11 Å². The highest BCUT2D eigenvalue weighted by Crippen LogP contribution is 2.40. The first-order valence-electron chi connectivity index (χ1n) is 9.16. The van der Waals surface area contributed by atoms with Crippen molar-refractivity contribution < 1.29 is 14.3 Å². The van der Waals surface area contributed by atoms with E-state index >= 15 is 0 Å². The summed E-state index contributed by atoms with van der Waals surface area (Å²) in [6.07, 6.45) is 10.3. The monoisotopic (exact) mass is 360 g/mol. The summed E-state index contributed by atoms with van der Waals surface area (Å²) in [7, 11) is 1.37. The zero-order valence-corrected chi connectivity index (χ0v) is 16.0. The van der Waals surface area contributed by atoms with Crippen molar-refractivity contribution in [1.82, 2.24) is 0 Å². The molecule has 1 aliphatic rings. The summed E-state index contributed by atoms with van der Waals surface area (Å²) in [5, 5.41) is 0.111. The van der Waals surface area contributed by atoms with Gasteiger partial charge in [0.2, 0.25) is 0 Å². The molecule has 0 saturated heterocycles. The van der Waals surface area contributed by atoms with Gasteiger partial charge in [-0.1, -0.05) is 50.1 Å². The van der Waals surface area contributed by atoms with E-state index in [4.69, 9.17) is 4.74 Å². The van der Waals surface area contributed by atoms with Crippen LogP contribution in [0.2, 0.25) is 0 Å². The summed E-state index contributed by atoms with van der Waals surface area (Å²) in [6, 6.07) is 10.2. The van der Waals surface area contributed by atoms with Gasteiger partial charge in [-0.2, -0.15) is 0 Å². The molecule has 0 amide bonds. The second-order valence-electron chi connectivity index (χ2n) is 6.49. The lowest BCUT2D eigenvalue weighted by molar-refractivity contribution is -0.149. The number of unbranched alkanes of at least 4 members (excludes halogenated alkanes) is 3. The van der Waals surface area contributed by atoms with Crippen LogP contribution in [0.4, 0.5) is 0 Å². The molecule has 3 unspecified atom stereocenters. The standard InChI is InChI=1S/C21H28O3S/c1-3-4-5-6-10-13-19(25-16-11-8-7-9-12-16)17-14-15-18(22)20(17)21(23)24-2/h7-13,17,19-20H,3-6,14-15H2,1-2H3/b13-10+. The van der Waals surface area contributed by atoms with Gasteiger partial charge in [0.25, 0.3) is 0 Å². The largest absolute Gasteiger partial charge is 0.468 e. The van der Waals surface area contributed by atoms with Gasteiger partial charge in [0.05, 0.1) is 7.11 Å². The van der Waals surface area contributed by atoms with Gasteiger partial charge >= 0.3 is 5.97 Å². The Balaban J connectivity index is 2.14. The number of ketones is 1. The molecule has 25 heavy (non-hydrogen) atoms. The number of benzene rings is 1. The lowest BCUT2D eigenvalue weighted by Gasteiger charge is -2.24. The molecule has 1 aromatic rings. The number of rotatable bonds is 9. The van der Waals surface area contributed by atoms with Crippen LogP contribution in [0, 0.1) is 11.8 Å². The van der Waals surface area contributed by atoms with Crippen molar-refractivity contribution >= 4 is 23.5 Å². The maximum atomic E-state index is 12.2. The van der Waals surface area contributed by atoms with E-state index in [1.165, 1.54) is 26.4 Å². The molecule has 1 fully saturated rings. The fraction of sp³-hybridized carbons (Fsp3) is 0.524. The van der Waals surface area contributed by atoms with Gasteiger partial charge in [-0.05, 0) is 37.3 Å². The minimum absolute atomic E-state index is 0.00702. The molecule has 4 heteroatoms. The summed E-state index contributed by atoms with van der Waals surface area (Å²) < 4.78 is 4.90. The second kappa shape index (κ2) is 10.4. The highest BCUT2D eigenvalue weighted by molar-refractivity contribution is 8.00. The van der Waals surface area contributed by atoms with Gasteiger partial charge in [0.1, 0.15) is 11.7 Å². The highest BCUT2D eigenvalue weighted by atomic mass is 32.2. The van der Waals surface area contributed by atoms with E-state index in [-0.39, 0.29) is 22.9 Å². The third kappa shape index (κ3) is 5.74. The number of carbonyl (C=O) groups is 2. The van der Waals surface area contributed by atoms with Crippen molar-refractivity contribution in [3.63, 3.8) is 0 Å². The molecule has 1 saturated carbocycles. The van der Waals surface area contributed by atoms with Gasteiger partial charge < -0.3 is 4.74 Å². The van der Waals surface area contributed by atoms with Gasteiger partial charge in [-0.25, -0.2) is 0 Å². The molecule has 0 aliphatic heterocycles. The first-order valence-corrected chi connectivity index (χ1v) is 10.0. The number of thioether (sulfide) groups is 1. The topological polar surface area (TPSA) is 43.4 Å². The Bertz CT molecular complexity index is 582.